The molecule has 0 amide bonds. The van der Waals surface area contributed by atoms with Crippen LogP contribution in [0, 0.1) is 0 Å². The predicted molar refractivity (Wildman–Crippen MR) is 104 cm³/mol. The number of nitrogens with one attached hydrogen (secondary N) is 2. The number of aliphatic hydroxyl groups is 1. The maximum absolute atomic E-state index is 11.5. The Morgan fingerprint density at radius 1 is 1.19 bits per heavy atom. The first-order chi connectivity index (χ1) is 13.2. The number of aromatic nitrogens is 1. The number of fused-ring (bicyclic) bond motifs is 1. The zero-order valence-electron chi connectivity index (χ0n) is 15.3. The van der Waals surface area contributed by atoms with Crippen LogP contribution >= 0.6 is 0 Å². The van der Waals surface area contributed by atoms with Gasteiger partial charge < -0.3 is 14.8 Å². The Balaban J connectivity index is 1.47. The monoisotopic (exact) mass is 367 g/mol. The number of nitrogens with zero attached hydrogens (tertiary/aromatic N) is 1. The van der Waals surface area contributed by atoms with Crippen LogP contribution in [0.4, 0.5) is 0 Å². The van der Waals surface area contributed by atoms with Crippen LogP contribution < -0.4 is 11.1 Å². The van der Waals surface area contributed by atoms with Gasteiger partial charge in [-0.2, -0.15) is 0 Å². The van der Waals surface area contributed by atoms with Crippen LogP contribution in [0.5, 0.6) is 0 Å². The van der Waals surface area contributed by atoms with Gasteiger partial charge in [0, 0.05) is 25.2 Å². The first kappa shape index (κ1) is 18.0. The van der Waals surface area contributed by atoms with Crippen LogP contribution in [0.3, 0.4) is 0 Å². The lowest BCUT2D eigenvalue weighted by Crippen LogP contribution is -2.58. The predicted octanol–water partition coefficient (Wildman–Crippen LogP) is 2.24. The molecule has 0 aliphatic carbocycles. The smallest absolute Gasteiger partial charge is 0.408 e. The van der Waals surface area contributed by atoms with Crippen molar-refractivity contribution in [3.05, 3.63) is 70.2 Å². The van der Waals surface area contributed by atoms with Crippen molar-refractivity contribution in [2.75, 3.05) is 19.7 Å². The molecule has 1 unspecified atom stereocenters. The van der Waals surface area contributed by atoms with E-state index in [1.165, 1.54) is 5.56 Å². The number of H-pyrrole nitrogens is 1. The molecule has 27 heavy (non-hydrogen) atoms. The summed E-state index contributed by atoms with van der Waals surface area (Å²) in [5, 5.41) is 13.7. The average molecular weight is 367 g/mol. The molecule has 142 valence electrons. The van der Waals surface area contributed by atoms with E-state index < -0.39 is 5.76 Å². The fourth-order valence-electron chi connectivity index (χ4n) is 3.99. The Morgan fingerprint density at radius 3 is 2.85 bits per heavy atom. The lowest BCUT2D eigenvalue weighted by molar-refractivity contribution is 0.0623. The number of hydrogen-bond donors (Lipinski definition) is 3. The van der Waals surface area contributed by atoms with Gasteiger partial charge in [0.15, 0.2) is 5.58 Å². The average Bonchev–Trinajstić information content (AvgIpc) is 3.08. The molecule has 1 aliphatic rings. The Labute approximate surface area is 157 Å². The maximum atomic E-state index is 11.5. The van der Waals surface area contributed by atoms with Crippen molar-refractivity contribution in [2.45, 2.75) is 31.5 Å². The minimum Gasteiger partial charge on any atom is -0.408 e. The van der Waals surface area contributed by atoms with E-state index in [2.05, 4.69) is 39.5 Å². The fraction of sp³-hybridized carbons (Fsp3) is 0.381. The Morgan fingerprint density at radius 2 is 2.04 bits per heavy atom. The molecule has 4 rings (SSSR count). The van der Waals surface area contributed by atoms with E-state index in [4.69, 9.17) is 4.42 Å². The van der Waals surface area contributed by atoms with E-state index in [0.29, 0.717) is 17.6 Å². The standard InChI is InChI=1S/C21H25N3O3/c25-15-21(10-5-11-24(14-21)13-16-6-2-1-3-7-16)22-12-17-8-4-9-18-19(17)27-20(26)23-18/h1-4,6-9,22,25H,5,10-15H2,(H,23,26). The number of aromatic amines is 1. The summed E-state index contributed by atoms with van der Waals surface area (Å²) in [6.07, 6.45) is 1.95. The molecule has 0 radical (unpaired) electrons. The van der Waals surface area contributed by atoms with Gasteiger partial charge in [0.25, 0.3) is 0 Å². The first-order valence-corrected chi connectivity index (χ1v) is 9.40. The molecule has 2 heterocycles. The highest BCUT2D eigenvalue weighted by Gasteiger charge is 2.34. The number of para-hydroxylation sites is 1. The van der Waals surface area contributed by atoms with E-state index in [1.807, 2.05) is 24.3 Å². The molecule has 6 nitrogen and oxygen atoms in total. The molecular formula is C21H25N3O3. The molecule has 1 fully saturated rings. The van der Waals surface area contributed by atoms with E-state index >= 15 is 0 Å². The van der Waals surface area contributed by atoms with E-state index in [1.54, 1.807) is 0 Å². The summed E-state index contributed by atoms with van der Waals surface area (Å²) in [5.41, 5.74) is 3.13. The van der Waals surface area contributed by atoms with Crippen molar-refractivity contribution in [3.8, 4) is 0 Å². The third kappa shape index (κ3) is 3.98. The zero-order chi connectivity index (χ0) is 18.7. The first-order valence-electron chi connectivity index (χ1n) is 9.40. The van der Waals surface area contributed by atoms with Crippen LogP contribution in [0.15, 0.2) is 57.7 Å². The highest BCUT2D eigenvalue weighted by Crippen LogP contribution is 2.24. The molecule has 0 spiro atoms. The molecule has 0 bridgehead atoms. The number of piperidine rings is 1. The molecule has 1 atom stereocenters. The van der Waals surface area contributed by atoms with Crippen LogP contribution in [0.2, 0.25) is 0 Å². The number of aliphatic hydroxyl groups excluding tert-OH is 1. The molecule has 3 aromatic rings. The van der Waals surface area contributed by atoms with Gasteiger partial charge in [0.2, 0.25) is 0 Å². The van der Waals surface area contributed by atoms with Crippen LogP contribution in [-0.2, 0) is 13.1 Å². The number of rotatable bonds is 6. The topological polar surface area (TPSA) is 81.5 Å². The van der Waals surface area contributed by atoms with Crippen molar-refractivity contribution in [1.29, 1.82) is 0 Å². The summed E-state index contributed by atoms with van der Waals surface area (Å²) in [6.45, 7) is 3.31. The minimum absolute atomic E-state index is 0.0748. The van der Waals surface area contributed by atoms with Crippen molar-refractivity contribution in [1.82, 2.24) is 15.2 Å². The Kier molecular flexibility index (Phi) is 5.11. The second kappa shape index (κ2) is 7.68. The third-order valence-corrected chi connectivity index (χ3v) is 5.39. The van der Waals surface area contributed by atoms with Gasteiger partial charge in [-0.3, -0.25) is 9.88 Å². The van der Waals surface area contributed by atoms with Gasteiger partial charge in [-0.05, 0) is 31.0 Å². The summed E-state index contributed by atoms with van der Waals surface area (Å²) < 4.78 is 5.28. The van der Waals surface area contributed by atoms with E-state index in [-0.39, 0.29) is 12.1 Å². The van der Waals surface area contributed by atoms with Gasteiger partial charge in [0.05, 0.1) is 17.7 Å². The molecule has 6 heteroatoms. The lowest BCUT2D eigenvalue weighted by atomic mass is 9.89. The second-order valence-corrected chi connectivity index (χ2v) is 7.40. The van der Waals surface area contributed by atoms with Crippen LogP contribution in [0.1, 0.15) is 24.0 Å². The quantitative estimate of drug-likeness (QED) is 0.623. The highest BCUT2D eigenvalue weighted by molar-refractivity contribution is 5.75. The van der Waals surface area contributed by atoms with Gasteiger partial charge in [-0.15, -0.1) is 0 Å². The molecule has 3 N–H and O–H groups in total. The summed E-state index contributed by atoms with van der Waals surface area (Å²) in [6, 6.07) is 16.1. The van der Waals surface area contributed by atoms with Crippen molar-refractivity contribution < 1.29 is 9.52 Å². The van der Waals surface area contributed by atoms with Crippen molar-refractivity contribution in [3.63, 3.8) is 0 Å². The van der Waals surface area contributed by atoms with Crippen LogP contribution in [0.25, 0.3) is 11.1 Å². The third-order valence-electron chi connectivity index (χ3n) is 5.39. The molecule has 1 aliphatic heterocycles. The van der Waals surface area contributed by atoms with E-state index in [9.17, 15) is 9.90 Å². The summed E-state index contributed by atoms with van der Waals surface area (Å²) >= 11 is 0. The lowest BCUT2D eigenvalue weighted by Gasteiger charge is -2.42. The van der Waals surface area contributed by atoms with Gasteiger partial charge in [-0.1, -0.05) is 42.5 Å². The molecule has 0 saturated carbocycles. The SMILES string of the molecule is O=c1[nH]c2cccc(CNC3(CO)CCCN(Cc4ccccc4)C3)c2o1. The normalized spacial score (nSPS) is 20.9. The molecule has 2 aromatic carbocycles. The van der Waals surface area contributed by atoms with Gasteiger partial charge in [0.1, 0.15) is 0 Å². The second-order valence-electron chi connectivity index (χ2n) is 7.40. The molecule has 1 saturated heterocycles. The number of oxazole rings is 1. The van der Waals surface area contributed by atoms with Gasteiger partial charge >= 0.3 is 5.76 Å². The van der Waals surface area contributed by atoms with E-state index in [0.717, 1.165) is 38.0 Å². The zero-order valence-corrected chi connectivity index (χ0v) is 15.3. The Bertz CT molecular complexity index is 950. The van der Waals surface area contributed by atoms with Gasteiger partial charge in [-0.25, -0.2) is 4.79 Å². The minimum atomic E-state index is -0.443. The highest BCUT2D eigenvalue weighted by atomic mass is 16.4. The maximum Gasteiger partial charge on any atom is 0.417 e. The number of likely N-dealkylation sites (tertiary alicyclic amines) is 1. The summed E-state index contributed by atoms with van der Waals surface area (Å²) in [7, 11) is 0. The summed E-state index contributed by atoms with van der Waals surface area (Å²) in [5.74, 6) is -0.443. The largest absolute Gasteiger partial charge is 0.417 e. The number of benzene rings is 2. The number of hydrogen-bond acceptors (Lipinski definition) is 5. The summed E-state index contributed by atoms with van der Waals surface area (Å²) in [4.78, 5) is 16.6. The Hall–Kier alpha value is -2.41. The molecule has 1 aromatic heterocycles. The van der Waals surface area contributed by atoms with Crippen LogP contribution in [-0.4, -0.2) is 40.2 Å². The van der Waals surface area contributed by atoms with Crippen molar-refractivity contribution >= 4 is 11.1 Å². The van der Waals surface area contributed by atoms with Crippen molar-refractivity contribution in [2.24, 2.45) is 0 Å². The fourth-order valence-corrected chi connectivity index (χ4v) is 3.99. The molecular weight excluding hydrogens is 342 g/mol.